The first-order valence-corrected chi connectivity index (χ1v) is 6.69. The lowest BCUT2D eigenvalue weighted by Gasteiger charge is -2.31. The molecule has 0 saturated carbocycles. The third-order valence-corrected chi connectivity index (χ3v) is 3.73. The number of hydrogen-bond donors (Lipinski definition) is 1. The van der Waals surface area contributed by atoms with Gasteiger partial charge in [0.15, 0.2) is 0 Å². The lowest BCUT2D eigenvalue weighted by molar-refractivity contribution is 0.164. The van der Waals surface area contributed by atoms with Gasteiger partial charge in [0, 0.05) is 25.2 Å². The van der Waals surface area contributed by atoms with Crippen LogP contribution in [0.25, 0.3) is 0 Å². The quantitative estimate of drug-likeness (QED) is 0.788. The van der Waals surface area contributed by atoms with Gasteiger partial charge in [-0.2, -0.15) is 0 Å². The summed E-state index contributed by atoms with van der Waals surface area (Å²) in [6.07, 6.45) is 2.40. The summed E-state index contributed by atoms with van der Waals surface area (Å²) in [6, 6.07) is 1.33. The fourth-order valence-electron chi connectivity index (χ4n) is 2.62. The molecule has 1 rings (SSSR count). The fourth-order valence-corrected chi connectivity index (χ4v) is 2.62. The lowest BCUT2D eigenvalue weighted by atomic mass is 10.1. The van der Waals surface area contributed by atoms with Crippen molar-refractivity contribution in [2.45, 2.75) is 45.7 Å². The average molecular weight is 227 g/mol. The standard InChI is InChI=1S/C13H29N3/c1-11(2)9-16-8-6-12(3)15(4)13(10-16)5-7-14/h11-13H,5-10,14H2,1-4H3. The van der Waals surface area contributed by atoms with Gasteiger partial charge in [-0.05, 0) is 45.8 Å². The van der Waals surface area contributed by atoms with Crippen LogP contribution < -0.4 is 5.73 Å². The van der Waals surface area contributed by atoms with Gasteiger partial charge in [0.1, 0.15) is 0 Å². The van der Waals surface area contributed by atoms with Crippen molar-refractivity contribution >= 4 is 0 Å². The molecule has 0 amide bonds. The second-order valence-corrected chi connectivity index (χ2v) is 5.69. The lowest BCUT2D eigenvalue weighted by Crippen LogP contribution is -2.43. The molecular formula is C13H29N3. The molecule has 0 bridgehead atoms. The van der Waals surface area contributed by atoms with Gasteiger partial charge in [-0.15, -0.1) is 0 Å². The predicted molar refractivity (Wildman–Crippen MR) is 70.6 cm³/mol. The fraction of sp³-hybridized carbons (Fsp3) is 1.00. The van der Waals surface area contributed by atoms with Crippen LogP contribution in [0.2, 0.25) is 0 Å². The summed E-state index contributed by atoms with van der Waals surface area (Å²) < 4.78 is 0. The minimum Gasteiger partial charge on any atom is -0.330 e. The summed E-state index contributed by atoms with van der Waals surface area (Å²) in [5.74, 6) is 0.761. The van der Waals surface area contributed by atoms with Crippen molar-refractivity contribution in [1.82, 2.24) is 9.80 Å². The largest absolute Gasteiger partial charge is 0.330 e. The van der Waals surface area contributed by atoms with Crippen LogP contribution in [0.3, 0.4) is 0 Å². The van der Waals surface area contributed by atoms with Crippen molar-refractivity contribution in [3.8, 4) is 0 Å². The molecule has 3 heteroatoms. The molecule has 1 aliphatic heterocycles. The molecule has 1 heterocycles. The van der Waals surface area contributed by atoms with E-state index in [1.807, 2.05) is 0 Å². The summed E-state index contributed by atoms with van der Waals surface area (Å²) in [5, 5.41) is 0. The molecule has 0 radical (unpaired) electrons. The molecule has 2 N–H and O–H groups in total. The molecule has 1 saturated heterocycles. The van der Waals surface area contributed by atoms with Crippen LogP contribution in [-0.2, 0) is 0 Å². The Labute approximate surface area is 101 Å². The Balaban J connectivity index is 2.58. The molecule has 0 aliphatic carbocycles. The molecule has 0 spiro atoms. The zero-order valence-electron chi connectivity index (χ0n) is 11.4. The third kappa shape index (κ3) is 4.04. The van der Waals surface area contributed by atoms with Gasteiger partial charge in [-0.25, -0.2) is 0 Å². The normalized spacial score (nSPS) is 29.6. The highest BCUT2D eigenvalue weighted by Gasteiger charge is 2.26. The Kier molecular flexibility index (Phi) is 5.73. The molecule has 1 fully saturated rings. The Morgan fingerprint density at radius 1 is 1.38 bits per heavy atom. The molecule has 2 unspecified atom stereocenters. The third-order valence-electron chi connectivity index (χ3n) is 3.73. The highest BCUT2D eigenvalue weighted by Crippen LogP contribution is 2.17. The van der Waals surface area contributed by atoms with E-state index in [1.54, 1.807) is 0 Å². The van der Waals surface area contributed by atoms with Crippen LogP contribution in [0.4, 0.5) is 0 Å². The van der Waals surface area contributed by atoms with Crippen LogP contribution in [-0.4, -0.2) is 55.1 Å². The van der Waals surface area contributed by atoms with Crippen molar-refractivity contribution in [3.63, 3.8) is 0 Å². The van der Waals surface area contributed by atoms with Crippen LogP contribution in [0.5, 0.6) is 0 Å². The SMILES string of the molecule is CC(C)CN1CCC(C)N(C)C(CCN)C1. The van der Waals surface area contributed by atoms with Crippen LogP contribution in [0.1, 0.15) is 33.6 Å². The van der Waals surface area contributed by atoms with E-state index in [9.17, 15) is 0 Å². The Morgan fingerprint density at radius 3 is 2.62 bits per heavy atom. The molecule has 96 valence electrons. The van der Waals surface area contributed by atoms with Crippen LogP contribution >= 0.6 is 0 Å². The smallest absolute Gasteiger partial charge is 0.0234 e. The molecule has 0 aromatic carbocycles. The molecular weight excluding hydrogens is 198 g/mol. The maximum atomic E-state index is 5.72. The molecule has 0 aromatic heterocycles. The number of hydrogen-bond acceptors (Lipinski definition) is 3. The van der Waals surface area contributed by atoms with E-state index >= 15 is 0 Å². The van der Waals surface area contributed by atoms with Crippen molar-refractivity contribution in [2.24, 2.45) is 11.7 Å². The first-order chi connectivity index (χ1) is 7.54. The monoisotopic (exact) mass is 227 g/mol. The maximum absolute atomic E-state index is 5.72. The van der Waals surface area contributed by atoms with Gasteiger partial charge >= 0.3 is 0 Å². The second-order valence-electron chi connectivity index (χ2n) is 5.69. The first kappa shape index (κ1) is 13.9. The Hall–Kier alpha value is -0.120. The summed E-state index contributed by atoms with van der Waals surface area (Å²) >= 11 is 0. The van der Waals surface area contributed by atoms with Gasteiger partial charge in [0.25, 0.3) is 0 Å². The van der Waals surface area contributed by atoms with Crippen LogP contribution in [0.15, 0.2) is 0 Å². The van der Waals surface area contributed by atoms with Crippen molar-refractivity contribution in [2.75, 3.05) is 33.2 Å². The topological polar surface area (TPSA) is 32.5 Å². The molecule has 2 atom stereocenters. The summed E-state index contributed by atoms with van der Waals surface area (Å²) in [4.78, 5) is 5.14. The van der Waals surface area contributed by atoms with E-state index in [2.05, 4.69) is 37.6 Å². The van der Waals surface area contributed by atoms with Crippen molar-refractivity contribution in [1.29, 1.82) is 0 Å². The van der Waals surface area contributed by atoms with Gasteiger partial charge in [-0.3, -0.25) is 4.90 Å². The molecule has 1 aliphatic rings. The van der Waals surface area contributed by atoms with E-state index in [-0.39, 0.29) is 0 Å². The van der Waals surface area contributed by atoms with Crippen molar-refractivity contribution in [3.05, 3.63) is 0 Å². The highest BCUT2D eigenvalue weighted by molar-refractivity contribution is 4.82. The first-order valence-electron chi connectivity index (χ1n) is 6.69. The minimum atomic E-state index is 0.640. The molecule has 3 nitrogen and oxygen atoms in total. The van der Waals surface area contributed by atoms with Gasteiger partial charge in [0.2, 0.25) is 0 Å². The number of nitrogens with two attached hydrogens (primary N) is 1. The summed E-state index contributed by atoms with van der Waals surface area (Å²) in [7, 11) is 2.25. The van der Waals surface area contributed by atoms with Crippen molar-refractivity contribution < 1.29 is 0 Å². The second kappa shape index (κ2) is 6.58. The van der Waals surface area contributed by atoms with E-state index in [0.29, 0.717) is 12.1 Å². The zero-order valence-corrected chi connectivity index (χ0v) is 11.4. The molecule has 0 aromatic rings. The number of rotatable bonds is 4. The Bertz CT molecular complexity index is 194. The van der Waals surface area contributed by atoms with Gasteiger partial charge < -0.3 is 10.6 Å². The summed E-state index contributed by atoms with van der Waals surface area (Å²) in [5.41, 5.74) is 5.72. The maximum Gasteiger partial charge on any atom is 0.0234 e. The molecule has 16 heavy (non-hydrogen) atoms. The summed E-state index contributed by atoms with van der Waals surface area (Å²) in [6.45, 7) is 11.4. The van der Waals surface area contributed by atoms with E-state index < -0.39 is 0 Å². The Morgan fingerprint density at radius 2 is 2.06 bits per heavy atom. The van der Waals surface area contributed by atoms with E-state index in [4.69, 9.17) is 5.73 Å². The number of likely N-dealkylation sites (N-methyl/N-ethyl adjacent to an activating group) is 1. The van der Waals surface area contributed by atoms with Crippen LogP contribution in [0, 0.1) is 5.92 Å². The van der Waals surface area contributed by atoms with Gasteiger partial charge in [0.05, 0.1) is 0 Å². The van der Waals surface area contributed by atoms with E-state index in [0.717, 1.165) is 18.9 Å². The predicted octanol–water partition coefficient (Wildman–Crippen LogP) is 1.39. The minimum absolute atomic E-state index is 0.640. The van der Waals surface area contributed by atoms with E-state index in [1.165, 1.54) is 26.1 Å². The zero-order chi connectivity index (χ0) is 12.1. The highest BCUT2D eigenvalue weighted by atomic mass is 15.2. The van der Waals surface area contributed by atoms with Gasteiger partial charge in [-0.1, -0.05) is 13.8 Å². The average Bonchev–Trinajstić information content (AvgIpc) is 2.33. The number of nitrogens with zero attached hydrogens (tertiary/aromatic N) is 2.